The molecule has 2 heterocycles. The van der Waals surface area contributed by atoms with Gasteiger partial charge in [-0.2, -0.15) is 0 Å². The molecule has 0 saturated carbocycles. The van der Waals surface area contributed by atoms with Crippen molar-refractivity contribution in [3.05, 3.63) is 0 Å². The van der Waals surface area contributed by atoms with Crippen LogP contribution in [0.4, 0.5) is 0 Å². The summed E-state index contributed by atoms with van der Waals surface area (Å²) in [6.45, 7) is 5.06. The number of hydrogen-bond acceptors (Lipinski definition) is 3. The molecule has 2 saturated heterocycles. The molecular formula is C15H28ClN3O2. The molecule has 0 bridgehead atoms. The van der Waals surface area contributed by atoms with Crippen molar-refractivity contribution >= 4 is 24.2 Å². The fourth-order valence-corrected chi connectivity index (χ4v) is 3.28. The second kappa shape index (κ2) is 8.59. The Balaban J connectivity index is 0.00000220. The minimum atomic E-state index is -0.205. The van der Waals surface area contributed by atoms with E-state index < -0.39 is 0 Å². The molecule has 0 aliphatic carbocycles. The molecule has 0 aromatic heterocycles. The van der Waals surface area contributed by atoms with Gasteiger partial charge in [-0.25, -0.2) is 0 Å². The van der Waals surface area contributed by atoms with Gasteiger partial charge in [0.05, 0.1) is 0 Å². The maximum absolute atomic E-state index is 12.6. The van der Waals surface area contributed by atoms with E-state index in [9.17, 15) is 9.59 Å². The zero-order valence-electron chi connectivity index (χ0n) is 12.9. The first-order valence-corrected chi connectivity index (χ1v) is 7.95. The lowest BCUT2D eigenvalue weighted by Crippen LogP contribution is -2.50. The third kappa shape index (κ3) is 4.33. The van der Waals surface area contributed by atoms with E-state index in [0.717, 1.165) is 51.7 Å². The minimum absolute atomic E-state index is 0. The summed E-state index contributed by atoms with van der Waals surface area (Å²) in [6.07, 6.45) is 5.17. The number of carbonyl (C=O) groups is 2. The fourth-order valence-electron chi connectivity index (χ4n) is 3.28. The Hall–Kier alpha value is -0.810. The zero-order chi connectivity index (χ0) is 14.5. The molecule has 0 radical (unpaired) electrons. The van der Waals surface area contributed by atoms with E-state index in [1.807, 2.05) is 11.8 Å². The predicted octanol–water partition coefficient (Wildman–Crippen LogP) is 1.40. The Morgan fingerprint density at radius 3 is 2.38 bits per heavy atom. The van der Waals surface area contributed by atoms with Crippen molar-refractivity contribution in [3.63, 3.8) is 0 Å². The van der Waals surface area contributed by atoms with Crippen molar-refractivity contribution in [2.45, 2.75) is 51.5 Å². The molecule has 2 aliphatic rings. The number of amides is 2. The highest BCUT2D eigenvalue weighted by molar-refractivity contribution is 5.88. The average Bonchev–Trinajstić information content (AvgIpc) is 2.96. The molecule has 21 heavy (non-hydrogen) atoms. The average molecular weight is 318 g/mol. The number of nitrogens with zero attached hydrogens (tertiary/aromatic N) is 2. The Bertz CT molecular complexity index is 357. The predicted molar refractivity (Wildman–Crippen MR) is 85.2 cm³/mol. The van der Waals surface area contributed by atoms with Gasteiger partial charge in [0.2, 0.25) is 11.8 Å². The van der Waals surface area contributed by atoms with Gasteiger partial charge in [0.1, 0.15) is 6.04 Å². The van der Waals surface area contributed by atoms with Crippen LogP contribution in [0.15, 0.2) is 0 Å². The van der Waals surface area contributed by atoms with Crippen molar-refractivity contribution in [2.75, 3.05) is 26.2 Å². The van der Waals surface area contributed by atoms with Gasteiger partial charge in [-0.3, -0.25) is 9.59 Å². The summed E-state index contributed by atoms with van der Waals surface area (Å²) in [6, 6.07) is -0.205. The van der Waals surface area contributed by atoms with Crippen molar-refractivity contribution in [1.82, 2.24) is 9.80 Å². The summed E-state index contributed by atoms with van der Waals surface area (Å²) < 4.78 is 0. The van der Waals surface area contributed by atoms with Gasteiger partial charge in [-0.15, -0.1) is 12.4 Å². The van der Waals surface area contributed by atoms with Gasteiger partial charge < -0.3 is 15.5 Å². The fraction of sp³-hybridized carbons (Fsp3) is 0.867. The van der Waals surface area contributed by atoms with Crippen LogP contribution in [0, 0.1) is 5.92 Å². The molecule has 0 aromatic rings. The first kappa shape index (κ1) is 18.2. The van der Waals surface area contributed by atoms with Crippen LogP contribution >= 0.6 is 12.4 Å². The van der Waals surface area contributed by atoms with Crippen LogP contribution in [0.2, 0.25) is 0 Å². The van der Waals surface area contributed by atoms with Crippen LogP contribution < -0.4 is 5.73 Å². The summed E-state index contributed by atoms with van der Waals surface area (Å²) in [4.78, 5) is 28.4. The molecule has 2 N–H and O–H groups in total. The van der Waals surface area contributed by atoms with Crippen LogP contribution in [0.3, 0.4) is 0 Å². The smallest absolute Gasteiger partial charge is 0.245 e. The number of carbonyl (C=O) groups excluding carboxylic acids is 2. The summed E-state index contributed by atoms with van der Waals surface area (Å²) in [5.74, 6) is 0.850. The van der Waals surface area contributed by atoms with Crippen LogP contribution in [0.5, 0.6) is 0 Å². The molecule has 122 valence electrons. The largest absolute Gasteiger partial charge is 0.341 e. The topological polar surface area (TPSA) is 66.6 Å². The molecule has 2 aliphatic heterocycles. The maximum Gasteiger partial charge on any atom is 0.245 e. The lowest BCUT2D eigenvalue weighted by molar-refractivity contribution is -0.144. The standard InChI is InChI=1S/C15H27N3O2.ClH/c1-2-4-14(19)18-8-3-5-13(18)15(20)17-9-6-12(11-16)7-10-17;/h12-13H,2-11,16H2,1H3;1H. The Kier molecular flexibility index (Phi) is 7.46. The normalized spacial score (nSPS) is 23.0. The zero-order valence-corrected chi connectivity index (χ0v) is 13.7. The van der Waals surface area contributed by atoms with Crippen molar-refractivity contribution in [3.8, 4) is 0 Å². The quantitative estimate of drug-likeness (QED) is 0.852. The lowest BCUT2D eigenvalue weighted by Gasteiger charge is -2.35. The molecule has 2 rings (SSSR count). The van der Waals surface area contributed by atoms with E-state index in [1.54, 1.807) is 4.90 Å². The maximum atomic E-state index is 12.6. The highest BCUT2D eigenvalue weighted by Gasteiger charge is 2.36. The Labute approximate surface area is 133 Å². The number of hydrogen-bond donors (Lipinski definition) is 1. The van der Waals surface area contributed by atoms with Crippen LogP contribution in [-0.4, -0.2) is 53.8 Å². The molecule has 0 aromatic carbocycles. The minimum Gasteiger partial charge on any atom is -0.341 e. The van der Waals surface area contributed by atoms with Crippen LogP contribution in [0.1, 0.15) is 45.4 Å². The van der Waals surface area contributed by atoms with Gasteiger partial charge in [0.25, 0.3) is 0 Å². The van der Waals surface area contributed by atoms with Crippen molar-refractivity contribution in [1.29, 1.82) is 0 Å². The van der Waals surface area contributed by atoms with E-state index >= 15 is 0 Å². The van der Waals surface area contributed by atoms with E-state index in [2.05, 4.69) is 0 Å². The van der Waals surface area contributed by atoms with E-state index in [1.165, 1.54) is 0 Å². The van der Waals surface area contributed by atoms with Gasteiger partial charge in [0.15, 0.2) is 0 Å². The molecule has 1 unspecified atom stereocenters. The van der Waals surface area contributed by atoms with E-state index in [-0.39, 0.29) is 30.3 Å². The molecule has 6 heteroatoms. The Morgan fingerprint density at radius 2 is 1.81 bits per heavy atom. The number of nitrogens with two attached hydrogens (primary N) is 1. The summed E-state index contributed by atoms with van der Waals surface area (Å²) >= 11 is 0. The van der Waals surface area contributed by atoms with Gasteiger partial charge in [-0.05, 0) is 44.6 Å². The Morgan fingerprint density at radius 1 is 1.14 bits per heavy atom. The van der Waals surface area contributed by atoms with Gasteiger partial charge in [-0.1, -0.05) is 6.92 Å². The van der Waals surface area contributed by atoms with Gasteiger partial charge in [0, 0.05) is 26.1 Å². The van der Waals surface area contributed by atoms with E-state index in [0.29, 0.717) is 18.9 Å². The molecule has 5 nitrogen and oxygen atoms in total. The monoisotopic (exact) mass is 317 g/mol. The summed E-state index contributed by atoms with van der Waals surface area (Å²) in [7, 11) is 0. The molecule has 0 spiro atoms. The highest BCUT2D eigenvalue weighted by Crippen LogP contribution is 2.23. The number of likely N-dealkylation sites (tertiary alicyclic amines) is 2. The lowest BCUT2D eigenvalue weighted by atomic mass is 9.96. The third-order valence-electron chi connectivity index (χ3n) is 4.58. The SMILES string of the molecule is CCCC(=O)N1CCCC1C(=O)N1CCC(CN)CC1.Cl. The molecule has 1 atom stereocenters. The third-order valence-corrected chi connectivity index (χ3v) is 4.58. The second-order valence-corrected chi connectivity index (χ2v) is 6.00. The van der Waals surface area contributed by atoms with Crippen LogP contribution in [-0.2, 0) is 9.59 Å². The molecule has 2 fully saturated rings. The van der Waals surface area contributed by atoms with Crippen LogP contribution in [0.25, 0.3) is 0 Å². The second-order valence-electron chi connectivity index (χ2n) is 6.00. The van der Waals surface area contributed by atoms with Crippen molar-refractivity contribution in [2.24, 2.45) is 11.7 Å². The number of halogens is 1. The summed E-state index contributed by atoms with van der Waals surface area (Å²) in [5.41, 5.74) is 5.69. The first-order chi connectivity index (χ1) is 9.67. The number of piperidine rings is 1. The van der Waals surface area contributed by atoms with E-state index in [4.69, 9.17) is 5.73 Å². The highest BCUT2D eigenvalue weighted by atomic mass is 35.5. The molecule has 2 amide bonds. The summed E-state index contributed by atoms with van der Waals surface area (Å²) in [5, 5.41) is 0. The first-order valence-electron chi connectivity index (χ1n) is 7.95. The van der Waals surface area contributed by atoms with Gasteiger partial charge >= 0.3 is 0 Å². The number of rotatable bonds is 4. The van der Waals surface area contributed by atoms with Crippen molar-refractivity contribution < 1.29 is 9.59 Å². The molecular weight excluding hydrogens is 290 g/mol.